The van der Waals surface area contributed by atoms with Crippen LogP contribution in [0.1, 0.15) is 37.7 Å². The predicted octanol–water partition coefficient (Wildman–Crippen LogP) is 5.46. The standard InChI is InChI=1S/C24H25N3/c1-16-7-5-6-10-21(16)23-26-25-22(19-8-3-2-4-9-19)27(23)24-14-17-11-18(15-24)13-20(24)12-17/h2-10,17-18,20H,11-15H2,1H3. The van der Waals surface area contributed by atoms with Crippen LogP contribution in [0.2, 0.25) is 0 Å². The first kappa shape index (κ1) is 15.6. The van der Waals surface area contributed by atoms with Crippen molar-refractivity contribution >= 4 is 0 Å². The zero-order chi connectivity index (χ0) is 18.0. The molecule has 1 heterocycles. The average Bonchev–Trinajstić information content (AvgIpc) is 3.30. The van der Waals surface area contributed by atoms with Crippen molar-refractivity contribution in [2.24, 2.45) is 17.8 Å². The van der Waals surface area contributed by atoms with Crippen LogP contribution in [0.15, 0.2) is 54.6 Å². The van der Waals surface area contributed by atoms with E-state index in [4.69, 9.17) is 10.2 Å². The maximum absolute atomic E-state index is 4.78. The van der Waals surface area contributed by atoms with Gasteiger partial charge in [-0.3, -0.25) is 0 Å². The Morgan fingerprint density at radius 2 is 1.48 bits per heavy atom. The third-order valence-electron chi connectivity index (χ3n) is 7.47. The van der Waals surface area contributed by atoms with Crippen molar-refractivity contribution in [3.63, 3.8) is 0 Å². The fraction of sp³-hybridized carbons (Fsp3) is 0.417. The van der Waals surface area contributed by atoms with Crippen LogP contribution in [0.5, 0.6) is 0 Å². The normalized spacial score (nSPS) is 30.9. The quantitative estimate of drug-likeness (QED) is 0.625. The van der Waals surface area contributed by atoms with E-state index in [1.807, 2.05) is 0 Å². The summed E-state index contributed by atoms with van der Waals surface area (Å²) in [6.45, 7) is 2.19. The summed E-state index contributed by atoms with van der Waals surface area (Å²) in [5.41, 5.74) is 3.91. The van der Waals surface area contributed by atoms with Crippen molar-refractivity contribution in [1.29, 1.82) is 0 Å². The van der Waals surface area contributed by atoms with Crippen LogP contribution in [-0.2, 0) is 5.54 Å². The molecule has 2 atom stereocenters. The number of benzene rings is 2. The molecule has 0 N–H and O–H groups in total. The zero-order valence-corrected chi connectivity index (χ0v) is 15.8. The molecule has 27 heavy (non-hydrogen) atoms. The zero-order valence-electron chi connectivity index (χ0n) is 15.8. The largest absolute Gasteiger partial charge is 0.300 e. The summed E-state index contributed by atoms with van der Waals surface area (Å²) in [6, 6.07) is 19.3. The van der Waals surface area contributed by atoms with E-state index >= 15 is 0 Å². The molecule has 7 rings (SSSR count). The van der Waals surface area contributed by atoms with E-state index in [1.165, 1.54) is 48.8 Å². The minimum absolute atomic E-state index is 0.222. The average molecular weight is 355 g/mol. The minimum atomic E-state index is 0.222. The molecule has 0 amide bonds. The summed E-state index contributed by atoms with van der Waals surface area (Å²) in [6.07, 6.45) is 6.86. The monoisotopic (exact) mass is 355 g/mol. The third-order valence-corrected chi connectivity index (χ3v) is 7.47. The molecule has 2 unspecified atom stereocenters. The molecule has 1 aromatic heterocycles. The lowest BCUT2D eigenvalue weighted by Gasteiger charge is -2.36. The van der Waals surface area contributed by atoms with E-state index in [2.05, 4.69) is 66.1 Å². The van der Waals surface area contributed by atoms with Crippen molar-refractivity contribution in [3.8, 4) is 22.8 Å². The van der Waals surface area contributed by atoms with Gasteiger partial charge in [0.05, 0.1) is 5.54 Å². The van der Waals surface area contributed by atoms with Crippen LogP contribution in [-0.4, -0.2) is 14.8 Å². The molecule has 0 saturated heterocycles. The summed E-state index contributed by atoms with van der Waals surface area (Å²) in [5.74, 6) is 4.72. The summed E-state index contributed by atoms with van der Waals surface area (Å²) < 4.78 is 2.58. The van der Waals surface area contributed by atoms with Crippen LogP contribution in [0, 0.1) is 24.7 Å². The summed E-state index contributed by atoms with van der Waals surface area (Å²) in [5, 5.41) is 9.53. The van der Waals surface area contributed by atoms with Gasteiger partial charge < -0.3 is 4.57 Å². The molecule has 0 radical (unpaired) electrons. The van der Waals surface area contributed by atoms with Gasteiger partial charge in [-0.05, 0) is 62.3 Å². The number of aryl methyl sites for hydroxylation is 1. The van der Waals surface area contributed by atoms with Crippen LogP contribution in [0.4, 0.5) is 0 Å². The van der Waals surface area contributed by atoms with Gasteiger partial charge in [0.25, 0.3) is 0 Å². The molecule has 0 spiro atoms. The van der Waals surface area contributed by atoms with Gasteiger partial charge in [-0.15, -0.1) is 10.2 Å². The Kier molecular flexibility index (Phi) is 3.21. The Morgan fingerprint density at radius 3 is 2.22 bits per heavy atom. The highest BCUT2D eigenvalue weighted by Crippen LogP contribution is 2.65. The van der Waals surface area contributed by atoms with Gasteiger partial charge >= 0.3 is 0 Å². The van der Waals surface area contributed by atoms with Gasteiger partial charge in [0, 0.05) is 11.1 Å². The summed E-state index contributed by atoms with van der Waals surface area (Å²) in [7, 11) is 0. The van der Waals surface area contributed by atoms with Gasteiger partial charge in [-0.25, -0.2) is 0 Å². The van der Waals surface area contributed by atoms with E-state index in [0.29, 0.717) is 0 Å². The lowest BCUT2D eigenvalue weighted by Crippen LogP contribution is -2.36. The van der Waals surface area contributed by atoms with E-state index in [-0.39, 0.29) is 5.54 Å². The Hall–Kier alpha value is -2.42. The first-order valence-corrected chi connectivity index (χ1v) is 10.3. The van der Waals surface area contributed by atoms with Gasteiger partial charge in [-0.1, -0.05) is 54.6 Å². The van der Waals surface area contributed by atoms with Crippen molar-refractivity contribution in [1.82, 2.24) is 14.8 Å². The molecule has 136 valence electrons. The highest BCUT2D eigenvalue weighted by molar-refractivity contribution is 5.66. The highest BCUT2D eigenvalue weighted by atomic mass is 15.3. The molecule has 4 bridgehead atoms. The molecule has 4 fully saturated rings. The highest BCUT2D eigenvalue weighted by Gasteiger charge is 2.60. The first-order chi connectivity index (χ1) is 13.2. The molecule has 4 aliphatic carbocycles. The Labute approximate surface area is 160 Å². The van der Waals surface area contributed by atoms with Gasteiger partial charge in [0.1, 0.15) is 0 Å². The second-order valence-electron chi connectivity index (χ2n) is 9.01. The minimum Gasteiger partial charge on any atom is -0.300 e. The number of hydrogen-bond donors (Lipinski definition) is 0. The molecular formula is C24H25N3. The Morgan fingerprint density at radius 1 is 0.815 bits per heavy atom. The maximum atomic E-state index is 4.78. The van der Waals surface area contributed by atoms with Crippen LogP contribution >= 0.6 is 0 Å². The molecule has 3 nitrogen and oxygen atoms in total. The van der Waals surface area contributed by atoms with Crippen molar-refractivity contribution in [2.75, 3.05) is 0 Å². The molecule has 4 aliphatic rings. The van der Waals surface area contributed by atoms with E-state index in [0.717, 1.165) is 29.4 Å². The topological polar surface area (TPSA) is 30.7 Å². The van der Waals surface area contributed by atoms with Crippen LogP contribution in [0.25, 0.3) is 22.8 Å². The van der Waals surface area contributed by atoms with Gasteiger partial charge in [-0.2, -0.15) is 0 Å². The first-order valence-electron chi connectivity index (χ1n) is 10.3. The van der Waals surface area contributed by atoms with E-state index in [1.54, 1.807) is 0 Å². The van der Waals surface area contributed by atoms with Crippen molar-refractivity contribution in [2.45, 2.75) is 44.6 Å². The number of rotatable bonds is 3. The Bertz CT molecular complexity index is 989. The van der Waals surface area contributed by atoms with Crippen molar-refractivity contribution in [3.05, 3.63) is 60.2 Å². The van der Waals surface area contributed by atoms with Crippen LogP contribution < -0.4 is 0 Å². The SMILES string of the molecule is Cc1ccccc1-c1nnc(-c2ccccc2)n1C12CC3CC(CC1C3)C2. The predicted molar refractivity (Wildman–Crippen MR) is 107 cm³/mol. The molecule has 3 aromatic rings. The molecule has 0 aliphatic heterocycles. The third kappa shape index (κ3) is 2.14. The van der Waals surface area contributed by atoms with Crippen LogP contribution in [0.3, 0.4) is 0 Å². The lowest BCUT2D eigenvalue weighted by molar-refractivity contribution is 0.207. The molecule has 3 heteroatoms. The second-order valence-corrected chi connectivity index (χ2v) is 9.01. The lowest BCUT2D eigenvalue weighted by atomic mass is 9.80. The second kappa shape index (κ2) is 5.54. The Balaban J connectivity index is 1.61. The maximum Gasteiger partial charge on any atom is 0.165 e. The number of aromatic nitrogens is 3. The fourth-order valence-corrected chi connectivity index (χ4v) is 6.60. The number of nitrogens with zero attached hydrogens (tertiary/aromatic N) is 3. The molecule has 2 aromatic carbocycles. The molecular weight excluding hydrogens is 330 g/mol. The fourth-order valence-electron chi connectivity index (χ4n) is 6.60. The van der Waals surface area contributed by atoms with Gasteiger partial charge in [0.15, 0.2) is 11.6 Å². The van der Waals surface area contributed by atoms with Gasteiger partial charge in [0.2, 0.25) is 0 Å². The summed E-state index contributed by atoms with van der Waals surface area (Å²) in [4.78, 5) is 0. The van der Waals surface area contributed by atoms with Crippen molar-refractivity contribution < 1.29 is 0 Å². The smallest absolute Gasteiger partial charge is 0.165 e. The summed E-state index contributed by atoms with van der Waals surface area (Å²) >= 11 is 0. The molecule has 4 saturated carbocycles. The van der Waals surface area contributed by atoms with E-state index in [9.17, 15) is 0 Å². The number of hydrogen-bond acceptors (Lipinski definition) is 2. The van der Waals surface area contributed by atoms with E-state index < -0.39 is 0 Å².